The van der Waals surface area contributed by atoms with Gasteiger partial charge in [0.2, 0.25) is 0 Å². The zero-order valence-electron chi connectivity index (χ0n) is 34.0. The lowest BCUT2D eigenvalue weighted by Crippen LogP contribution is -2.40. The number of hydrogen-bond acceptors (Lipinski definition) is 10. The summed E-state index contributed by atoms with van der Waals surface area (Å²) < 4.78 is 11.4. The molecule has 13 nitrogen and oxygen atoms in total. The predicted molar refractivity (Wildman–Crippen MR) is 232 cm³/mol. The molecule has 5 aromatic rings. The first kappa shape index (κ1) is 42.6. The van der Waals surface area contributed by atoms with E-state index in [0.29, 0.717) is 38.4 Å². The van der Waals surface area contributed by atoms with Crippen LogP contribution in [0.5, 0.6) is 11.5 Å². The number of benzene rings is 4. The highest BCUT2D eigenvalue weighted by Gasteiger charge is 2.38. The summed E-state index contributed by atoms with van der Waals surface area (Å²) >= 11 is 14.1. The number of carbonyl (C=O) groups is 5. The smallest absolute Gasteiger partial charge is 0.415 e. The van der Waals surface area contributed by atoms with Crippen LogP contribution in [0.4, 0.5) is 21.0 Å². The molecular formula is C44H44Cl2N4O9S. The molecule has 60 heavy (non-hydrogen) atoms. The van der Waals surface area contributed by atoms with Gasteiger partial charge in [-0.25, -0.2) is 14.4 Å². The van der Waals surface area contributed by atoms with Crippen LogP contribution in [0.2, 0.25) is 0 Å². The van der Waals surface area contributed by atoms with Gasteiger partial charge in [-0.3, -0.25) is 19.4 Å². The molecule has 0 saturated carbocycles. The van der Waals surface area contributed by atoms with Crippen LogP contribution < -0.4 is 19.4 Å². The van der Waals surface area contributed by atoms with Crippen LogP contribution in [0.25, 0.3) is 21.5 Å². The number of alkyl halides is 2. The predicted octanol–water partition coefficient (Wildman–Crippen LogP) is 9.17. The Morgan fingerprint density at radius 2 is 1.15 bits per heavy atom. The number of amides is 4. The van der Waals surface area contributed by atoms with Crippen LogP contribution in [-0.2, 0) is 14.4 Å². The van der Waals surface area contributed by atoms with Gasteiger partial charge in [0.25, 0.3) is 11.8 Å². The third kappa shape index (κ3) is 8.41. The second-order valence-corrected chi connectivity index (χ2v) is 17.5. The minimum Gasteiger partial charge on any atom is -0.444 e. The Morgan fingerprint density at radius 1 is 0.700 bits per heavy atom. The van der Waals surface area contributed by atoms with E-state index in [1.807, 2.05) is 48.5 Å². The Labute approximate surface area is 361 Å². The number of hydrogen-bond donors (Lipinski definition) is 0. The van der Waals surface area contributed by atoms with Gasteiger partial charge in [-0.1, -0.05) is 48.5 Å². The molecule has 4 amide bonds. The van der Waals surface area contributed by atoms with Crippen molar-refractivity contribution in [3.8, 4) is 11.5 Å². The second-order valence-electron chi connectivity index (χ2n) is 15.8. The Kier molecular flexibility index (Phi) is 12.2. The summed E-state index contributed by atoms with van der Waals surface area (Å²) in [6.07, 6.45) is -1.16. The van der Waals surface area contributed by atoms with Crippen molar-refractivity contribution in [1.82, 2.24) is 9.80 Å². The molecule has 0 spiro atoms. The van der Waals surface area contributed by atoms with E-state index in [0.717, 1.165) is 33.2 Å². The molecule has 0 N–H and O–H groups in total. The van der Waals surface area contributed by atoms with E-state index in [1.165, 1.54) is 16.7 Å². The zero-order chi connectivity index (χ0) is 43.0. The third-order valence-corrected chi connectivity index (χ3v) is 12.2. The average Bonchev–Trinajstić information content (AvgIpc) is 3.97. The van der Waals surface area contributed by atoms with Crippen molar-refractivity contribution in [2.45, 2.75) is 45.1 Å². The highest BCUT2D eigenvalue weighted by atomic mass is 35.5. The van der Waals surface area contributed by atoms with Crippen molar-refractivity contribution in [2.75, 3.05) is 61.8 Å². The molecule has 0 fully saturated rings. The molecule has 0 bridgehead atoms. The summed E-state index contributed by atoms with van der Waals surface area (Å²) in [6, 6.07) is 21.6. The van der Waals surface area contributed by atoms with Gasteiger partial charge in [-0.2, -0.15) is 0 Å². The molecule has 0 saturated heterocycles. The minimum absolute atomic E-state index is 0.172. The lowest BCUT2D eigenvalue weighted by molar-refractivity contribution is -0.210. The van der Waals surface area contributed by atoms with Crippen molar-refractivity contribution in [1.29, 1.82) is 0 Å². The average molecular weight is 876 g/mol. The van der Waals surface area contributed by atoms with Gasteiger partial charge in [-0.15, -0.1) is 34.5 Å². The molecular weight excluding hydrogens is 831 g/mol. The monoisotopic (exact) mass is 874 g/mol. The molecule has 0 radical (unpaired) electrons. The normalized spacial score (nSPS) is 15.7. The summed E-state index contributed by atoms with van der Waals surface area (Å²) in [6.45, 7) is 7.51. The van der Waals surface area contributed by atoms with Gasteiger partial charge in [0.15, 0.2) is 5.75 Å². The molecule has 2 aliphatic heterocycles. The maximum atomic E-state index is 14.4. The summed E-state index contributed by atoms with van der Waals surface area (Å²) in [5.41, 5.74) is 2.19. The second kappa shape index (κ2) is 17.2. The van der Waals surface area contributed by atoms with Crippen LogP contribution in [-0.4, -0.2) is 97.4 Å². The molecule has 16 heteroatoms. The van der Waals surface area contributed by atoms with E-state index < -0.39 is 23.8 Å². The standard InChI is InChI=1S/C44H44Cl2N4O9S/c1-25(51)58-59-35-20-33-39(31-14-10-8-12-29(31)35)27(22-46)24-50(33)41(53)37-16-15-36(60-37)40(52)49-23-26(21-45)38-30-13-9-7-11-28(30)34(19-32(38)49)56-42(54)47(5)17-18-48(6)43(55)57-44(2,3)4/h7-16,19-20,26-27H,17-18,21-24H2,1-6H3/t26-,27-/m1/s1. The Balaban J connectivity index is 1.15. The van der Waals surface area contributed by atoms with Crippen LogP contribution in [0.1, 0.15) is 70.0 Å². The van der Waals surface area contributed by atoms with Crippen molar-refractivity contribution in [3.63, 3.8) is 0 Å². The Bertz CT molecular complexity index is 2520. The van der Waals surface area contributed by atoms with Gasteiger partial charge < -0.3 is 29.1 Å². The summed E-state index contributed by atoms with van der Waals surface area (Å²) in [4.78, 5) is 83.3. The number of nitrogens with zero attached hydrogens (tertiary/aromatic N) is 4. The van der Waals surface area contributed by atoms with E-state index >= 15 is 0 Å². The molecule has 2 atom stereocenters. The number of rotatable bonds is 10. The molecule has 314 valence electrons. The Hall–Kier alpha value is -5.57. The number of halogens is 2. The molecule has 2 aliphatic rings. The largest absolute Gasteiger partial charge is 0.444 e. The summed E-state index contributed by atoms with van der Waals surface area (Å²) in [5, 5.41) is 2.98. The van der Waals surface area contributed by atoms with Gasteiger partial charge in [0.1, 0.15) is 11.4 Å². The van der Waals surface area contributed by atoms with Gasteiger partial charge in [0.05, 0.1) is 21.1 Å². The van der Waals surface area contributed by atoms with Crippen LogP contribution in [0.15, 0.2) is 72.8 Å². The van der Waals surface area contributed by atoms with Crippen molar-refractivity contribution < 1.29 is 43.2 Å². The quantitative estimate of drug-likeness (QED) is 0.0765. The van der Waals surface area contributed by atoms with E-state index in [9.17, 15) is 24.0 Å². The van der Waals surface area contributed by atoms with Crippen molar-refractivity contribution in [3.05, 3.63) is 93.7 Å². The number of thiophene rings is 1. The number of likely N-dealkylation sites (N-methyl/N-ethyl adjacent to an activating group) is 2. The van der Waals surface area contributed by atoms with Crippen LogP contribution in [0, 0.1) is 0 Å². The topological polar surface area (TPSA) is 135 Å². The van der Waals surface area contributed by atoms with E-state index in [4.69, 9.17) is 42.5 Å². The fourth-order valence-corrected chi connectivity index (χ4v) is 8.96. The molecule has 3 heterocycles. The van der Waals surface area contributed by atoms with Crippen LogP contribution >= 0.6 is 34.5 Å². The highest BCUT2D eigenvalue weighted by molar-refractivity contribution is 7.16. The van der Waals surface area contributed by atoms with Crippen molar-refractivity contribution in [2.24, 2.45) is 0 Å². The fraction of sp³-hybridized carbons (Fsp3) is 0.341. The van der Waals surface area contributed by atoms with Crippen molar-refractivity contribution >= 4 is 97.4 Å². The number of ether oxygens (including phenoxy) is 2. The number of fused-ring (bicyclic) bond motifs is 6. The molecule has 7 rings (SSSR count). The van der Waals surface area contributed by atoms with Crippen LogP contribution in [0.3, 0.4) is 0 Å². The maximum absolute atomic E-state index is 14.4. The first-order chi connectivity index (χ1) is 28.6. The van der Waals surface area contributed by atoms with E-state index in [2.05, 4.69) is 0 Å². The zero-order valence-corrected chi connectivity index (χ0v) is 36.3. The first-order valence-corrected chi connectivity index (χ1v) is 21.2. The maximum Gasteiger partial charge on any atom is 0.415 e. The molecule has 0 aliphatic carbocycles. The first-order valence-electron chi connectivity index (χ1n) is 19.3. The Morgan fingerprint density at radius 3 is 1.62 bits per heavy atom. The van der Waals surface area contributed by atoms with Gasteiger partial charge in [-0.05, 0) is 54.8 Å². The molecule has 1 aromatic heterocycles. The summed E-state index contributed by atoms with van der Waals surface area (Å²) in [5.74, 6) is -0.707. The fourth-order valence-electron chi connectivity index (χ4n) is 7.55. The minimum atomic E-state index is -0.660. The SMILES string of the molecule is CC(=O)OOc1cc2c(c3ccccc13)[C@H](CCl)CN2C(=O)c1ccc(C(=O)N2C[C@@H](CCl)c3c2cc(OC(=O)N(C)CCN(C)C(=O)OC(C)(C)C)c2ccccc32)s1. The van der Waals surface area contributed by atoms with E-state index in [1.54, 1.807) is 68.9 Å². The third-order valence-electron chi connectivity index (χ3n) is 10.4. The lowest BCUT2D eigenvalue weighted by atomic mass is 9.95. The molecule has 4 aromatic carbocycles. The lowest BCUT2D eigenvalue weighted by Gasteiger charge is -2.26. The highest BCUT2D eigenvalue weighted by Crippen LogP contribution is 2.48. The summed E-state index contributed by atoms with van der Waals surface area (Å²) in [7, 11) is 3.17. The molecule has 0 unspecified atom stereocenters. The van der Waals surface area contributed by atoms with E-state index in [-0.39, 0.29) is 66.5 Å². The number of carbonyl (C=O) groups excluding carboxylic acids is 5. The van der Waals surface area contributed by atoms with Gasteiger partial charge >= 0.3 is 18.2 Å². The number of anilines is 2. The van der Waals surface area contributed by atoms with Gasteiger partial charge in [0, 0.05) is 93.7 Å².